The third kappa shape index (κ3) is 8.50. The van der Waals surface area contributed by atoms with E-state index in [0.717, 1.165) is 28.8 Å². The van der Waals surface area contributed by atoms with Crippen LogP contribution in [0, 0.1) is 5.92 Å². The monoisotopic (exact) mass is 661 g/mol. The number of thioether (sulfide) groups is 1. The number of carbonyl (C=O) groups is 2. The first-order chi connectivity index (χ1) is 22.7. The molecule has 3 aliphatic rings. The summed E-state index contributed by atoms with van der Waals surface area (Å²) in [4.78, 5) is 31.2. The Balaban J connectivity index is 1.18. The van der Waals surface area contributed by atoms with Gasteiger partial charge in [0.05, 0.1) is 37.0 Å². The smallest absolute Gasteiger partial charge is 0.407 e. The van der Waals surface area contributed by atoms with Crippen LogP contribution in [0.25, 0.3) is 11.3 Å². The van der Waals surface area contributed by atoms with Crippen LogP contribution in [0.3, 0.4) is 0 Å². The van der Waals surface area contributed by atoms with Gasteiger partial charge >= 0.3 is 6.09 Å². The van der Waals surface area contributed by atoms with E-state index < -0.39 is 30.4 Å². The number of hydrogen-bond acceptors (Lipinski definition) is 10. The summed E-state index contributed by atoms with van der Waals surface area (Å²) in [6.45, 7) is 5.31. The molecule has 0 spiro atoms. The van der Waals surface area contributed by atoms with E-state index in [0.29, 0.717) is 25.4 Å². The second kappa shape index (κ2) is 15.1. The van der Waals surface area contributed by atoms with Gasteiger partial charge in [-0.1, -0.05) is 60.7 Å². The summed E-state index contributed by atoms with van der Waals surface area (Å²) in [7, 11) is 0. The molecule has 250 valence electrons. The van der Waals surface area contributed by atoms with Crippen molar-refractivity contribution >= 4 is 23.8 Å². The number of aliphatic hydroxyl groups excluding tert-OH is 1. The van der Waals surface area contributed by atoms with Crippen molar-refractivity contribution in [3.05, 3.63) is 90.1 Å². The van der Waals surface area contributed by atoms with Crippen molar-refractivity contribution in [3.8, 4) is 11.3 Å². The van der Waals surface area contributed by atoms with Gasteiger partial charge in [-0.05, 0) is 49.9 Å². The maximum absolute atomic E-state index is 13.6. The van der Waals surface area contributed by atoms with Crippen LogP contribution < -0.4 is 16.1 Å². The Labute approximate surface area is 279 Å². The number of ether oxygens (including phenoxy) is 3. The van der Waals surface area contributed by atoms with Gasteiger partial charge in [0.2, 0.25) is 0 Å². The van der Waals surface area contributed by atoms with Crippen LogP contribution in [0.1, 0.15) is 31.4 Å². The Bertz CT molecular complexity index is 1480. The zero-order valence-electron chi connectivity index (χ0n) is 26.7. The molecule has 1 aromatic heterocycles. The molecule has 11 nitrogen and oxygen atoms in total. The highest BCUT2D eigenvalue weighted by molar-refractivity contribution is 8.00. The van der Waals surface area contributed by atoms with Gasteiger partial charge in [-0.3, -0.25) is 20.5 Å². The number of pyridine rings is 1. The second-order valence-electron chi connectivity index (χ2n) is 12.8. The fourth-order valence-electron chi connectivity index (χ4n) is 6.33. The molecular weight excluding hydrogens is 618 g/mol. The van der Waals surface area contributed by atoms with Gasteiger partial charge in [-0.25, -0.2) is 9.80 Å². The molecule has 12 heteroatoms. The molecule has 2 amide bonds. The van der Waals surface area contributed by atoms with E-state index >= 15 is 0 Å². The lowest BCUT2D eigenvalue weighted by atomic mass is 10.0. The van der Waals surface area contributed by atoms with E-state index in [1.807, 2.05) is 86.6 Å². The van der Waals surface area contributed by atoms with Crippen molar-refractivity contribution in [1.29, 1.82) is 0 Å². The number of aliphatic hydroxyl groups is 1. The number of hydrogen-bond donors (Lipinski definition) is 4. The number of hydrazine groups is 1. The molecule has 6 unspecified atom stereocenters. The van der Waals surface area contributed by atoms with Gasteiger partial charge in [-0.2, -0.15) is 0 Å². The number of benzene rings is 2. The lowest BCUT2D eigenvalue weighted by Crippen LogP contribution is -2.57. The standard InChI is InChI=1S/C35H43N5O6S/c1-35(2)31(37-22-47-35)32(42)39-40(19-24-11-13-25(14-12-24)27-10-6-7-16-36-27)20-29(41)28(18-23-8-4-3-5-9-23)38-34(43)46-30-21-45-33-26(30)15-17-44-33/h3-14,16,26,28-31,33,37,41H,15,17-22H2,1-2H3,(H,38,43)(H,39,42). The number of amides is 2. The minimum Gasteiger partial charge on any atom is -0.443 e. The Morgan fingerprint density at radius 1 is 1.09 bits per heavy atom. The third-order valence-corrected chi connectivity index (χ3v) is 10.3. The number of fused-ring (bicyclic) bond motifs is 1. The third-order valence-electron chi connectivity index (χ3n) is 8.96. The van der Waals surface area contributed by atoms with E-state index in [1.54, 1.807) is 23.0 Å². The molecule has 3 aliphatic heterocycles. The average Bonchev–Trinajstić information content (AvgIpc) is 3.79. The largest absolute Gasteiger partial charge is 0.443 e. The summed E-state index contributed by atoms with van der Waals surface area (Å²) in [5.74, 6) is 0.492. The Kier molecular flexibility index (Phi) is 10.8. The quantitative estimate of drug-likeness (QED) is 0.214. The van der Waals surface area contributed by atoms with Crippen LogP contribution in [0.15, 0.2) is 79.0 Å². The summed E-state index contributed by atoms with van der Waals surface area (Å²) in [6, 6.07) is 22.3. The molecule has 3 fully saturated rings. The Morgan fingerprint density at radius 3 is 2.60 bits per heavy atom. The highest BCUT2D eigenvalue weighted by Crippen LogP contribution is 2.34. The Morgan fingerprint density at radius 2 is 1.87 bits per heavy atom. The molecule has 0 saturated carbocycles. The fourth-order valence-corrected chi connectivity index (χ4v) is 7.31. The molecule has 47 heavy (non-hydrogen) atoms. The van der Waals surface area contributed by atoms with Crippen LogP contribution in [0.2, 0.25) is 0 Å². The van der Waals surface area contributed by atoms with E-state index in [1.165, 1.54) is 0 Å². The van der Waals surface area contributed by atoms with Gasteiger partial charge in [0.15, 0.2) is 6.29 Å². The molecular formula is C35H43N5O6S. The molecule has 4 N–H and O–H groups in total. The molecule has 4 heterocycles. The summed E-state index contributed by atoms with van der Waals surface area (Å²) in [5, 5.41) is 19.6. The number of carbonyl (C=O) groups excluding carboxylic acids is 2. The van der Waals surface area contributed by atoms with E-state index in [-0.39, 0.29) is 36.0 Å². The highest BCUT2D eigenvalue weighted by Gasteiger charge is 2.44. The minimum atomic E-state index is -1.06. The summed E-state index contributed by atoms with van der Waals surface area (Å²) < 4.78 is 16.7. The zero-order chi connectivity index (χ0) is 32.8. The van der Waals surface area contributed by atoms with Gasteiger partial charge in [0.25, 0.3) is 5.91 Å². The summed E-state index contributed by atoms with van der Waals surface area (Å²) in [5.41, 5.74) is 6.80. The number of alkyl carbamates (subject to hydrolysis) is 1. The lowest BCUT2D eigenvalue weighted by molar-refractivity contribution is -0.129. The van der Waals surface area contributed by atoms with Crippen LogP contribution in [0.5, 0.6) is 0 Å². The molecule has 6 rings (SSSR count). The van der Waals surface area contributed by atoms with Crippen LogP contribution in [-0.2, 0) is 32.0 Å². The topological polar surface area (TPSA) is 134 Å². The Hall–Kier alpha value is -3.52. The number of nitrogens with one attached hydrogen (secondary N) is 3. The molecule has 3 saturated heterocycles. The first kappa shape index (κ1) is 33.4. The van der Waals surface area contributed by atoms with Gasteiger partial charge in [0.1, 0.15) is 12.1 Å². The molecule has 0 radical (unpaired) electrons. The van der Waals surface area contributed by atoms with Crippen molar-refractivity contribution < 1.29 is 28.9 Å². The van der Waals surface area contributed by atoms with E-state index in [2.05, 4.69) is 21.0 Å². The lowest BCUT2D eigenvalue weighted by Gasteiger charge is -2.32. The average molecular weight is 662 g/mol. The molecule has 3 aromatic rings. The van der Waals surface area contributed by atoms with Crippen LogP contribution in [-0.4, -0.2) is 88.1 Å². The maximum Gasteiger partial charge on any atom is 0.407 e. The predicted molar refractivity (Wildman–Crippen MR) is 179 cm³/mol. The van der Waals surface area contributed by atoms with Crippen LogP contribution in [0.4, 0.5) is 4.79 Å². The summed E-state index contributed by atoms with van der Waals surface area (Å²) in [6.07, 6.45) is 0.449. The number of rotatable bonds is 12. The molecule has 0 aliphatic carbocycles. The predicted octanol–water partition coefficient (Wildman–Crippen LogP) is 3.48. The van der Waals surface area contributed by atoms with Crippen molar-refractivity contribution in [2.24, 2.45) is 5.92 Å². The van der Waals surface area contributed by atoms with E-state index in [9.17, 15) is 14.7 Å². The maximum atomic E-state index is 13.6. The number of aromatic nitrogens is 1. The first-order valence-electron chi connectivity index (χ1n) is 16.1. The summed E-state index contributed by atoms with van der Waals surface area (Å²) >= 11 is 1.69. The highest BCUT2D eigenvalue weighted by atomic mass is 32.2. The van der Waals surface area contributed by atoms with Crippen molar-refractivity contribution in [3.63, 3.8) is 0 Å². The molecule has 2 aromatic carbocycles. The van der Waals surface area contributed by atoms with E-state index in [4.69, 9.17) is 14.2 Å². The van der Waals surface area contributed by atoms with Crippen LogP contribution >= 0.6 is 11.8 Å². The number of nitrogens with zero attached hydrogens (tertiary/aromatic N) is 2. The zero-order valence-corrected chi connectivity index (χ0v) is 27.5. The molecule has 0 bridgehead atoms. The molecule has 6 atom stereocenters. The van der Waals surface area contributed by atoms with Crippen molar-refractivity contribution in [2.45, 2.75) is 68.6 Å². The second-order valence-corrected chi connectivity index (χ2v) is 14.4. The fraction of sp³-hybridized carbons (Fsp3) is 0.457. The van der Waals surface area contributed by atoms with Gasteiger partial charge < -0.3 is 24.6 Å². The minimum absolute atomic E-state index is 0.000350. The van der Waals surface area contributed by atoms with Crippen molar-refractivity contribution in [2.75, 3.05) is 25.6 Å². The first-order valence-corrected chi connectivity index (χ1v) is 17.1. The normalized spacial score (nSPS) is 24.4. The van der Waals surface area contributed by atoms with Gasteiger partial charge in [0, 0.05) is 35.5 Å². The van der Waals surface area contributed by atoms with Crippen molar-refractivity contribution in [1.82, 2.24) is 26.1 Å². The van der Waals surface area contributed by atoms with Gasteiger partial charge in [-0.15, -0.1) is 11.8 Å². The SMILES string of the molecule is CC1(C)SCNC1C(=O)NN(Cc1ccc(-c2ccccn2)cc1)CC(O)C(Cc1ccccc1)NC(=O)OC1COC2OCCC12.